The van der Waals surface area contributed by atoms with E-state index in [9.17, 15) is 0 Å². The number of aromatic nitrogens is 4. The Hall–Kier alpha value is -11.0. The van der Waals surface area contributed by atoms with Gasteiger partial charge in [0.25, 0.3) is 0 Å². The fourth-order valence-corrected chi connectivity index (χ4v) is 16.9. The predicted octanol–water partition coefficient (Wildman–Crippen LogP) is 25.3. The molecule has 0 radical (unpaired) electrons. The van der Waals surface area contributed by atoms with Gasteiger partial charge in [0.1, 0.15) is 0 Å². The molecule has 12 aromatic carbocycles. The lowest BCUT2D eigenvalue weighted by Crippen LogP contribution is -2.54. The molecule has 0 atom stereocenters. The summed E-state index contributed by atoms with van der Waals surface area (Å²) in [5.74, 6) is 0. The van der Waals surface area contributed by atoms with Crippen molar-refractivity contribution in [3.05, 3.63) is 308 Å². The van der Waals surface area contributed by atoms with Crippen LogP contribution < -0.4 is 0 Å². The molecule has 522 valence electrons. The van der Waals surface area contributed by atoms with Gasteiger partial charge in [0, 0.05) is 65.8 Å². The first-order valence-electron chi connectivity index (χ1n) is 34.1. The van der Waals surface area contributed by atoms with Crippen LogP contribution in [0.1, 0.15) is 83.5 Å². The van der Waals surface area contributed by atoms with Gasteiger partial charge in [-0.15, -0.1) is 0 Å². The highest BCUT2D eigenvalue weighted by molar-refractivity contribution is 6.15. The van der Waals surface area contributed by atoms with Crippen molar-refractivity contribution < 1.29 is 52.7 Å². The van der Waals surface area contributed by atoms with E-state index in [1.54, 1.807) is 0 Å². The third-order valence-electron chi connectivity index (χ3n) is 21.3. The molecular formula is C88H66F12N4. The summed E-state index contributed by atoms with van der Waals surface area (Å²) in [7, 11) is 0. The Morgan fingerprint density at radius 3 is 0.721 bits per heavy atom. The number of aryl methyl sites for hydroxylation is 9. The second kappa shape index (κ2) is 23.5. The van der Waals surface area contributed by atoms with Gasteiger partial charge in [0.15, 0.2) is 0 Å². The van der Waals surface area contributed by atoms with Crippen LogP contribution in [-0.4, -0.2) is 43.0 Å². The maximum Gasteiger partial charge on any atom is 0.411 e. The fourth-order valence-electron chi connectivity index (χ4n) is 16.9. The predicted molar refractivity (Wildman–Crippen MR) is 394 cm³/mol. The first-order valence-corrected chi connectivity index (χ1v) is 34.1. The molecule has 4 heterocycles. The van der Waals surface area contributed by atoms with Gasteiger partial charge in [0.05, 0.1) is 44.1 Å². The monoisotopic (exact) mass is 1410 g/mol. The summed E-state index contributed by atoms with van der Waals surface area (Å²) in [6.07, 6.45) is -23.2. The highest BCUT2D eigenvalue weighted by Crippen LogP contribution is 2.59. The fraction of sp³-hybridized carbons (Fsp3) is 0.182. The third-order valence-corrected chi connectivity index (χ3v) is 21.3. The van der Waals surface area contributed by atoms with E-state index < -0.39 is 57.8 Å². The van der Waals surface area contributed by atoms with Crippen molar-refractivity contribution in [2.45, 2.75) is 104 Å². The van der Waals surface area contributed by atoms with Gasteiger partial charge in [-0.25, -0.2) is 0 Å². The number of hydrogen-bond acceptors (Lipinski definition) is 0. The van der Waals surface area contributed by atoms with Gasteiger partial charge in [0.2, 0.25) is 10.8 Å². The standard InChI is InChI=1S/C88H66F12N4/c1-48-10-31-67-68-32-11-49(2)40-73(68)101(72(67)39-48)63-23-15-59(16-24-63)83(85(89,90)91,86(92,93)94)61-19-27-65(28-20-61)103-75-42-51(4)13-34-70(75)81-57(37-54(7)45-78(81)103)47-58-38-55(8)46-79-82(58)71-35-14-52(5)43-76(71)104(79)66-29-21-62(22-30-66)84(87(95,96)97,88(98,99)100)60-17-25-64(26-18-60)102-74-41-50(3)12-33-69(74)80-56(9)36-53(6)44-77(80)102/h10-46H,47H2,1-9H3. The minimum absolute atomic E-state index is 0.275. The zero-order valence-corrected chi connectivity index (χ0v) is 57.9. The second-order valence-electron chi connectivity index (χ2n) is 28.4. The molecule has 4 nitrogen and oxygen atoms in total. The minimum Gasteiger partial charge on any atom is -0.309 e. The van der Waals surface area contributed by atoms with Gasteiger partial charge in [-0.3, -0.25) is 0 Å². The number of fused-ring (bicyclic) bond motifs is 12. The molecule has 0 aliphatic heterocycles. The molecule has 0 aliphatic rings. The molecule has 16 heteroatoms. The lowest BCUT2D eigenvalue weighted by atomic mass is 9.73. The molecule has 0 amide bonds. The Kier molecular flexibility index (Phi) is 15.3. The van der Waals surface area contributed by atoms with Gasteiger partial charge in [-0.05, 0) is 249 Å². The van der Waals surface area contributed by atoms with Crippen molar-refractivity contribution in [1.29, 1.82) is 0 Å². The molecular weight excluding hydrogens is 1340 g/mol. The van der Waals surface area contributed by atoms with Crippen LogP contribution in [0.5, 0.6) is 0 Å². The number of benzene rings is 12. The van der Waals surface area contributed by atoms with Crippen LogP contribution in [0.15, 0.2) is 224 Å². The van der Waals surface area contributed by atoms with E-state index in [-0.39, 0.29) is 6.42 Å². The van der Waals surface area contributed by atoms with Crippen molar-refractivity contribution in [2.75, 3.05) is 0 Å². The van der Waals surface area contributed by atoms with E-state index in [1.165, 1.54) is 48.5 Å². The maximum absolute atomic E-state index is 16.1. The molecule has 0 aliphatic carbocycles. The zero-order valence-electron chi connectivity index (χ0n) is 57.9. The molecule has 104 heavy (non-hydrogen) atoms. The SMILES string of the molecule is Cc1ccc2c3ccc(C)cc3n(-c3ccc(C(c4ccc(-n5c6cc(C)ccc6c6c(Cc7cc(C)cc8c7c7ccc(C)cc7n8-c7ccc(C(c8ccc(-n9c%10cc(C)ccc%10c%10c(C)cc(C)cc%109)cc8)(C(F)(F)F)C(F)(F)F)cc7)cc(C)cc65)cc4)(C(F)(F)F)C(F)(F)F)cc3)c2c1. The van der Waals surface area contributed by atoms with Crippen LogP contribution in [0.2, 0.25) is 0 Å². The summed E-state index contributed by atoms with van der Waals surface area (Å²) < 4.78 is 200. The number of hydrogen-bond donors (Lipinski definition) is 0. The Morgan fingerprint density at radius 2 is 0.442 bits per heavy atom. The summed E-state index contributed by atoms with van der Waals surface area (Å²) in [5, 5.41) is 6.64. The molecule has 0 saturated heterocycles. The topological polar surface area (TPSA) is 19.7 Å². The summed E-state index contributed by atoms with van der Waals surface area (Å²) in [6.45, 7) is 17.2. The molecule has 0 fully saturated rings. The van der Waals surface area contributed by atoms with Crippen LogP contribution in [0.25, 0.3) is 110 Å². The minimum atomic E-state index is -5.87. The van der Waals surface area contributed by atoms with Crippen molar-refractivity contribution in [2.24, 2.45) is 0 Å². The summed E-state index contributed by atoms with van der Waals surface area (Å²) >= 11 is 0. The highest BCUT2D eigenvalue weighted by Gasteiger charge is 2.73. The Balaban J connectivity index is 0.790. The average Bonchev–Trinajstić information content (AvgIpc) is 1.41. The van der Waals surface area contributed by atoms with E-state index in [0.717, 1.165) is 175 Å². The van der Waals surface area contributed by atoms with Gasteiger partial charge < -0.3 is 18.3 Å². The maximum atomic E-state index is 16.1. The van der Waals surface area contributed by atoms with Crippen molar-refractivity contribution in [1.82, 2.24) is 18.3 Å². The van der Waals surface area contributed by atoms with Gasteiger partial charge in [-0.2, -0.15) is 52.7 Å². The molecule has 0 N–H and O–H groups in total. The number of rotatable bonds is 10. The third kappa shape index (κ3) is 10.1. The first-order chi connectivity index (χ1) is 49.3. The quantitative estimate of drug-likeness (QED) is 0.122. The summed E-state index contributed by atoms with van der Waals surface area (Å²) in [5.41, 5.74) is 3.62. The van der Waals surface area contributed by atoms with E-state index in [0.29, 0.717) is 44.8 Å². The smallest absolute Gasteiger partial charge is 0.309 e. The summed E-state index contributed by atoms with van der Waals surface area (Å²) in [6, 6.07) is 58.9. The van der Waals surface area contributed by atoms with Crippen LogP contribution >= 0.6 is 0 Å². The number of halogens is 12. The molecule has 0 spiro atoms. The van der Waals surface area contributed by atoms with Crippen LogP contribution in [0.4, 0.5) is 52.7 Å². The molecule has 0 bridgehead atoms. The Labute approximate surface area is 590 Å². The van der Waals surface area contributed by atoms with Crippen molar-refractivity contribution in [3.63, 3.8) is 0 Å². The second-order valence-corrected chi connectivity index (χ2v) is 28.4. The number of alkyl halides is 12. The van der Waals surface area contributed by atoms with Gasteiger partial charge >= 0.3 is 24.7 Å². The molecule has 0 saturated carbocycles. The largest absolute Gasteiger partial charge is 0.411 e. The van der Waals surface area contributed by atoms with Crippen molar-refractivity contribution >= 4 is 87.2 Å². The van der Waals surface area contributed by atoms with Crippen molar-refractivity contribution in [3.8, 4) is 22.7 Å². The summed E-state index contributed by atoms with van der Waals surface area (Å²) in [4.78, 5) is 0. The lowest BCUT2D eigenvalue weighted by molar-refractivity contribution is -0.290. The first kappa shape index (κ1) is 67.5. The van der Waals surface area contributed by atoms with E-state index in [1.807, 2.05) is 208 Å². The molecule has 16 rings (SSSR count). The van der Waals surface area contributed by atoms with Gasteiger partial charge in [-0.1, -0.05) is 127 Å². The molecule has 16 aromatic rings. The normalized spacial score (nSPS) is 13.1. The molecule has 4 aromatic heterocycles. The Bertz CT molecular complexity index is 6120. The molecule has 0 unspecified atom stereocenters. The van der Waals surface area contributed by atoms with Crippen LogP contribution in [0, 0.1) is 62.3 Å². The average molecular weight is 1410 g/mol. The lowest BCUT2D eigenvalue weighted by Gasteiger charge is -2.38. The van der Waals surface area contributed by atoms with E-state index >= 15 is 52.7 Å². The van der Waals surface area contributed by atoms with E-state index in [2.05, 4.69) is 0 Å². The number of nitrogens with zero attached hydrogens (tertiary/aromatic N) is 4. The Morgan fingerprint density at radius 1 is 0.221 bits per heavy atom. The van der Waals surface area contributed by atoms with Crippen LogP contribution in [0.3, 0.4) is 0 Å². The highest BCUT2D eigenvalue weighted by atomic mass is 19.4. The van der Waals surface area contributed by atoms with Crippen LogP contribution in [-0.2, 0) is 17.3 Å². The van der Waals surface area contributed by atoms with E-state index in [4.69, 9.17) is 0 Å². The zero-order chi connectivity index (χ0) is 73.4.